The van der Waals surface area contributed by atoms with Crippen LogP contribution in [0.2, 0.25) is 0 Å². The first-order chi connectivity index (χ1) is 8.70. The predicted molar refractivity (Wildman–Crippen MR) is 65.7 cm³/mol. The molecule has 0 aromatic heterocycles. The third-order valence-corrected chi connectivity index (χ3v) is 2.82. The second-order valence-electron chi connectivity index (χ2n) is 4.09. The zero-order valence-corrected chi connectivity index (χ0v) is 10.3. The minimum atomic E-state index is -0.414. The van der Waals surface area contributed by atoms with Gasteiger partial charge in [0.15, 0.2) is 0 Å². The van der Waals surface area contributed by atoms with Gasteiger partial charge in [-0.15, -0.1) is 0 Å². The molecule has 0 unspecified atom stereocenters. The van der Waals surface area contributed by atoms with Crippen LogP contribution in [0.15, 0.2) is 24.3 Å². The molecule has 2 amide bonds. The van der Waals surface area contributed by atoms with Gasteiger partial charge in [-0.2, -0.15) is 0 Å². The fourth-order valence-corrected chi connectivity index (χ4v) is 1.95. The monoisotopic (exact) mass is 248 g/mol. The summed E-state index contributed by atoms with van der Waals surface area (Å²) >= 11 is 0. The van der Waals surface area contributed by atoms with E-state index in [1.54, 1.807) is 11.8 Å². The summed E-state index contributed by atoms with van der Waals surface area (Å²) in [6.45, 7) is 3.15. The van der Waals surface area contributed by atoms with E-state index < -0.39 is 5.97 Å². The van der Waals surface area contributed by atoms with Gasteiger partial charge in [0.1, 0.15) is 6.54 Å². The van der Waals surface area contributed by atoms with Crippen molar-refractivity contribution < 1.29 is 14.3 Å². The van der Waals surface area contributed by atoms with Crippen molar-refractivity contribution in [3.05, 3.63) is 35.4 Å². The van der Waals surface area contributed by atoms with E-state index in [4.69, 9.17) is 4.74 Å². The van der Waals surface area contributed by atoms with Crippen LogP contribution in [-0.4, -0.2) is 30.1 Å². The van der Waals surface area contributed by atoms with E-state index in [2.05, 4.69) is 5.32 Å². The van der Waals surface area contributed by atoms with E-state index in [1.165, 1.54) is 0 Å². The van der Waals surface area contributed by atoms with Gasteiger partial charge in [-0.25, -0.2) is 4.79 Å². The SMILES string of the molecule is CCOC(=O)CNC(=O)N1Cc2ccccc2C1. The number of hydrogen-bond acceptors (Lipinski definition) is 3. The molecular formula is C13H16N2O3. The standard InChI is InChI=1S/C13H16N2O3/c1-2-18-12(16)7-14-13(17)15-8-10-5-3-4-6-11(10)9-15/h3-6H,2,7-9H2,1H3,(H,14,17). The Bertz CT molecular complexity index is 434. The zero-order valence-electron chi connectivity index (χ0n) is 10.3. The van der Waals surface area contributed by atoms with Gasteiger partial charge in [-0.3, -0.25) is 4.79 Å². The van der Waals surface area contributed by atoms with Crippen LogP contribution in [0.5, 0.6) is 0 Å². The maximum atomic E-state index is 11.8. The highest BCUT2D eigenvalue weighted by molar-refractivity contribution is 5.81. The lowest BCUT2D eigenvalue weighted by atomic mass is 10.1. The maximum absolute atomic E-state index is 11.8. The van der Waals surface area contributed by atoms with E-state index in [9.17, 15) is 9.59 Å². The highest BCUT2D eigenvalue weighted by atomic mass is 16.5. The lowest BCUT2D eigenvalue weighted by Gasteiger charge is -2.15. The van der Waals surface area contributed by atoms with E-state index in [0.29, 0.717) is 19.7 Å². The number of carbonyl (C=O) groups is 2. The van der Waals surface area contributed by atoms with Crippen LogP contribution in [-0.2, 0) is 22.6 Å². The van der Waals surface area contributed by atoms with Gasteiger partial charge < -0.3 is 15.0 Å². The molecule has 0 aliphatic carbocycles. The van der Waals surface area contributed by atoms with Gasteiger partial charge in [0.05, 0.1) is 6.61 Å². The zero-order chi connectivity index (χ0) is 13.0. The number of esters is 1. The lowest BCUT2D eigenvalue weighted by Crippen LogP contribution is -2.39. The molecule has 0 atom stereocenters. The summed E-state index contributed by atoms with van der Waals surface area (Å²) in [5, 5.41) is 2.56. The van der Waals surface area contributed by atoms with E-state index in [0.717, 1.165) is 11.1 Å². The molecule has 1 N–H and O–H groups in total. The van der Waals surface area contributed by atoms with Crippen LogP contribution in [0.25, 0.3) is 0 Å². The molecule has 1 aliphatic rings. The Morgan fingerprint density at radius 2 is 1.89 bits per heavy atom. The number of ether oxygens (including phenoxy) is 1. The first-order valence-corrected chi connectivity index (χ1v) is 5.96. The molecule has 0 fully saturated rings. The number of nitrogens with zero attached hydrogens (tertiary/aromatic N) is 1. The first-order valence-electron chi connectivity index (χ1n) is 5.96. The quantitative estimate of drug-likeness (QED) is 0.820. The normalized spacial score (nSPS) is 13.1. The summed E-state index contributed by atoms with van der Waals surface area (Å²) in [4.78, 5) is 24.6. The maximum Gasteiger partial charge on any atom is 0.325 e. The second-order valence-corrected chi connectivity index (χ2v) is 4.09. The number of amides is 2. The molecule has 0 spiro atoms. The van der Waals surface area contributed by atoms with Gasteiger partial charge in [0.25, 0.3) is 0 Å². The molecule has 0 bridgehead atoms. The molecule has 1 aromatic rings. The number of nitrogens with one attached hydrogen (secondary N) is 1. The molecule has 5 nitrogen and oxygen atoms in total. The molecule has 0 radical (unpaired) electrons. The Morgan fingerprint density at radius 1 is 1.28 bits per heavy atom. The number of urea groups is 1. The van der Waals surface area contributed by atoms with Gasteiger partial charge in [0.2, 0.25) is 0 Å². The molecular weight excluding hydrogens is 232 g/mol. The van der Waals surface area contributed by atoms with Crippen molar-refractivity contribution in [3.8, 4) is 0 Å². The minimum absolute atomic E-state index is 0.0838. The van der Waals surface area contributed by atoms with E-state index >= 15 is 0 Å². The summed E-state index contributed by atoms with van der Waals surface area (Å²) in [7, 11) is 0. The van der Waals surface area contributed by atoms with E-state index in [1.807, 2.05) is 24.3 Å². The smallest absolute Gasteiger partial charge is 0.325 e. The largest absolute Gasteiger partial charge is 0.465 e. The Labute approximate surface area is 106 Å². The van der Waals surface area contributed by atoms with Crippen molar-refractivity contribution in [2.45, 2.75) is 20.0 Å². The molecule has 5 heteroatoms. The summed E-state index contributed by atoms with van der Waals surface area (Å²) in [6.07, 6.45) is 0. The summed E-state index contributed by atoms with van der Waals surface area (Å²) in [5.41, 5.74) is 2.31. The van der Waals surface area contributed by atoms with Crippen LogP contribution >= 0.6 is 0 Å². The molecule has 0 saturated carbocycles. The average molecular weight is 248 g/mol. The van der Waals surface area contributed by atoms with E-state index in [-0.39, 0.29) is 12.6 Å². The Hall–Kier alpha value is -2.04. The number of fused-ring (bicyclic) bond motifs is 1. The highest BCUT2D eigenvalue weighted by Crippen LogP contribution is 2.21. The van der Waals surface area contributed by atoms with Crippen molar-refractivity contribution in [1.82, 2.24) is 10.2 Å². The van der Waals surface area contributed by atoms with Crippen LogP contribution in [0, 0.1) is 0 Å². The number of benzene rings is 1. The fourth-order valence-electron chi connectivity index (χ4n) is 1.95. The second kappa shape index (κ2) is 5.53. The van der Waals surface area contributed by atoms with Crippen LogP contribution in [0.1, 0.15) is 18.1 Å². The van der Waals surface area contributed by atoms with Crippen molar-refractivity contribution in [2.24, 2.45) is 0 Å². The van der Waals surface area contributed by atoms with Crippen LogP contribution in [0.3, 0.4) is 0 Å². The molecule has 1 aliphatic heterocycles. The Morgan fingerprint density at radius 3 is 2.44 bits per heavy atom. The summed E-state index contributed by atoms with van der Waals surface area (Å²) in [5.74, 6) is -0.414. The highest BCUT2D eigenvalue weighted by Gasteiger charge is 2.22. The number of carbonyl (C=O) groups excluding carboxylic acids is 2. The average Bonchev–Trinajstić information content (AvgIpc) is 2.80. The summed E-state index contributed by atoms with van der Waals surface area (Å²) < 4.78 is 4.74. The predicted octanol–water partition coefficient (Wildman–Crippen LogP) is 1.27. The molecule has 0 saturated heterocycles. The third-order valence-electron chi connectivity index (χ3n) is 2.82. The third kappa shape index (κ3) is 2.80. The van der Waals surface area contributed by atoms with Crippen molar-refractivity contribution in [2.75, 3.05) is 13.2 Å². The fraction of sp³-hybridized carbons (Fsp3) is 0.385. The van der Waals surface area contributed by atoms with Crippen molar-refractivity contribution in [3.63, 3.8) is 0 Å². The number of hydrogen-bond donors (Lipinski definition) is 1. The topological polar surface area (TPSA) is 58.6 Å². The van der Waals surface area contributed by atoms with Crippen LogP contribution in [0.4, 0.5) is 4.79 Å². The minimum Gasteiger partial charge on any atom is -0.465 e. The number of rotatable bonds is 3. The molecule has 2 rings (SSSR count). The van der Waals surface area contributed by atoms with Gasteiger partial charge in [-0.05, 0) is 18.1 Å². The molecule has 1 aromatic carbocycles. The Balaban J connectivity index is 1.84. The Kier molecular flexibility index (Phi) is 3.82. The molecule has 18 heavy (non-hydrogen) atoms. The summed E-state index contributed by atoms with van der Waals surface area (Å²) in [6, 6.07) is 7.69. The lowest BCUT2D eigenvalue weighted by molar-refractivity contribution is -0.141. The van der Waals surface area contributed by atoms with Crippen molar-refractivity contribution >= 4 is 12.0 Å². The van der Waals surface area contributed by atoms with Crippen LogP contribution < -0.4 is 5.32 Å². The molecule has 96 valence electrons. The van der Waals surface area contributed by atoms with Gasteiger partial charge >= 0.3 is 12.0 Å². The first kappa shape index (κ1) is 12.4. The van der Waals surface area contributed by atoms with Gasteiger partial charge in [0, 0.05) is 13.1 Å². The van der Waals surface area contributed by atoms with Gasteiger partial charge in [-0.1, -0.05) is 24.3 Å². The molecule has 1 heterocycles. The van der Waals surface area contributed by atoms with Crippen molar-refractivity contribution in [1.29, 1.82) is 0 Å².